The maximum absolute atomic E-state index is 12.0. The van der Waals surface area contributed by atoms with E-state index in [0.29, 0.717) is 12.3 Å². The third kappa shape index (κ3) is 7.15. The molecule has 0 aliphatic carbocycles. The van der Waals surface area contributed by atoms with Crippen LogP contribution in [0.3, 0.4) is 0 Å². The number of aryl methyl sites for hydroxylation is 1. The number of rotatable bonds is 9. The van der Waals surface area contributed by atoms with Crippen LogP contribution < -0.4 is 14.8 Å². The van der Waals surface area contributed by atoms with Crippen molar-refractivity contribution >= 4 is 5.97 Å². The van der Waals surface area contributed by atoms with E-state index in [1.54, 1.807) is 31.4 Å². The molecule has 5 nitrogen and oxygen atoms in total. The van der Waals surface area contributed by atoms with Crippen LogP contribution in [0, 0.1) is 5.41 Å². The largest absolute Gasteiger partial charge is 0.496 e. The second-order valence-corrected chi connectivity index (χ2v) is 9.30. The number of hydrogen-bond acceptors (Lipinski definition) is 5. The van der Waals surface area contributed by atoms with Gasteiger partial charge in [-0.1, -0.05) is 30.3 Å². The van der Waals surface area contributed by atoms with Crippen molar-refractivity contribution in [1.29, 1.82) is 0 Å². The molecule has 164 valence electrons. The first-order valence-corrected chi connectivity index (χ1v) is 10.4. The molecule has 0 bridgehead atoms. The van der Waals surface area contributed by atoms with E-state index in [-0.39, 0.29) is 11.5 Å². The zero-order valence-electron chi connectivity index (χ0n) is 19.0. The van der Waals surface area contributed by atoms with Crippen LogP contribution in [0.2, 0.25) is 0 Å². The van der Waals surface area contributed by atoms with E-state index in [0.717, 1.165) is 24.2 Å². The standard InChI is InChI=1S/C25H35NO4/c1-24(2,3)23(28)30-20-13-11-18(12-14-20)21(27)17-26-25(4,5)16-15-19-9-7-8-10-22(19)29-6/h7-14,21,26-27H,15-17H2,1-6H3. The molecule has 0 aliphatic rings. The highest BCUT2D eigenvalue weighted by Crippen LogP contribution is 2.24. The Morgan fingerprint density at radius 1 is 1.03 bits per heavy atom. The molecule has 0 saturated carbocycles. The summed E-state index contributed by atoms with van der Waals surface area (Å²) in [6.45, 7) is 10.1. The predicted octanol–water partition coefficient (Wildman–Crippen LogP) is 4.68. The summed E-state index contributed by atoms with van der Waals surface area (Å²) in [5, 5.41) is 14.0. The molecule has 1 unspecified atom stereocenters. The molecule has 2 aromatic carbocycles. The summed E-state index contributed by atoms with van der Waals surface area (Å²) in [6, 6.07) is 15.1. The number of aliphatic hydroxyl groups is 1. The first kappa shape index (κ1) is 23.9. The zero-order valence-corrected chi connectivity index (χ0v) is 19.0. The number of carbonyl (C=O) groups excluding carboxylic acids is 1. The Bertz CT molecular complexity index is 822. The van der Waals surface area contributed by atoms with Crippen molar-refractivity contribution in [3.8, 4) is 11.5 Å². The molecule has 2 rings (SSSR count). The summed E-state index contributed by atoms with van der Waals surface area (Å²) >= 11 is 0. The minimum absolute atomic E-state index is 0.149. The van der Waals surface area contributed by atoms with Gasteiger partial charge in [0.15, 0.2) is 0 Å². The average molecular weight is 414 g/mol. The lowest BCUT2D eigenvalue weighted by Gasteiger charge is -2.28. The fourth-order valence-corrected chi connectivity index (χ4v) is 2.95. The van der Waals surface area contributed by atoms with Crippen molar-refractivity contribution < 1.29 is 19.4 Å². The highest BCUT2D eigenvalue weighted by Gasteiger charge is 2.24. The van der Waals surface area contributed by atoms with Crippen molar-refractivity contribution in [3.05, 3.63) is 59.7 Å². The molecule has 30 heavy (non-hydrogen) atoms. The fraction of sp³-hybridized carbons (Fsp3) is 0.480. The van der Waals surface area contributed by atoms with Crippen LogP contribution in [-0.4, -0.2) is 30.3 Å². The third-order valence-electron chi connectivity index (χ3n) is 5.07. The van der Waals surface area contributed by atoms with Gasteiger partial charge in [-0.2, -0.15) is 0 Å². The Labute approximate surface area is 180 Å². The van der Waals surface area contributed by atoms with E-state index in [2.05, 4.69) is 25.2 Å². The van der Waals surface area contributed by atoms with Gasteiger partial charge in [0.05, 0.1) is 18.6 Å². The Kier molecular flexibility index (Phi) is 8.04. The number of β-amino-alcohol motifs (C(OH)–C–C–N with tert-alkyl or cyclic N) is 1. The Morgan fingerprint density at radius 2 is 1.67 bits per heavy atom. The first-order chi connectivity index (χ1) is 14.0. The summed E-state index contributed by atoms with van der Waals surface area (Å²) in [6.07, 6.45) is 1.14. The minimum Gasteiger partial charge on any atom is -0.496 e. The highest BCUT2D eigenvalue weighted by atomic mass is 16.5. The molecule has 0 saturated heterocycles. The Balaban J connectivity index is 1.87. The van der Waals surface area contributed by atoms with Gasteiger partial charge in [0, 0.05) is 12.1 Å². The second-order valence-electron chi connectivity index (χ2n) is 9.30. The number of aliphatic hydroxyl groups excluding tert-OH is 1. The molecule has 2 aromatic rings. The predicted molar refractivity (Wildman–Crippen MR) is 120 cm³/mol. The quantitative estimate of drug-likeness (QED) is 0.461. The SMILES string of the molecule is COc1ccccc1CCC(C)(C)NCC(O)c1ccc(OC(=O)C(C)(C)C)cc1. The number of methoxy groups -OCH3 is 1. The molecule has 0 aromatic heterocycles. The molecule has 2 N–H and O–H groups in total. The van der Waals surface area contributed by atoms with Crippen molar-refractivity contribution in [1.82, 2.24) is 5.32 Å². The fourth-order valence-electron chi connectivity index (χ4n) is 2.95. The van der Waals surface area contributed by atoms with E-state index in [4.69, 9.17) is 9.47 Å². The first-order valence-electron chi connectivity index (χ1n) is 10.4. The van der Waals surface area contributed by atoms with E-state index in [9.17, 15) is 9.90 Å². The van der Waals surface area contributed by atoms with Gasteiger partial charge in [0.2, 0.25) is 0 Å². The summed E-state index contributed by atoms with van der Waals surface area (Å²) in [4.78, 5) is 12.0. The molecule has 0 aliphatic heterocycles. The summed E-state index contributed by atoms with van der Waals surface area (Å²) in [5.41, 5.74) is 1.25. The van der Waals surface area contributed by atoms with Crippen LogP contribution in [0.1, 0.15) is 58.3 Å². The van der Waals surface area contributed by atoms with E-state index in [1.807, 2.05) is 39.0 Å². The summed E-state index contributed by atoms with van der Waals surface area (Å²) < 4.78 is 10.8. The Hall–Kier alpha value is -2.37. The molecular formula is C25H35NO4. The molecule has 0 radical (unpaired) electrons. The third-order valence-corrected chi connectivity index (χ3v) is 5.07. The van der Waals surface area contributed by atoms with Gasteiger partial charge in [0.25, 0.3) is 0 Å². The number of carbonyl (C=O) groups is 1. The normalized spacial score (nSPS) is 13.0. The van der Waals surface area contributed by atoms with Crippen LogP contribution in [0.5, 0.6) is 11.5 Å². The number of ether oxygens (including phenoxy) is 2. The number of hydrogen-bond donors (Lipinski definition) is 2. The molecule has 0 heterocycles. The van der Waals surface area contributed by atoms with Gasteiger partial charge in [-0.25, -0.2) is 0 Å². The van der Waals surface area contributed by atoms with Crippen molar-refractivity contribution in [3.63, 3.8) is 0 Å². The molecule has 0 spiro atoms. The van der Waals surface area contributed by atoms with Crippen molar-refractivity contribution in [2.75, 3.05) is 13.7 Å². The lowest BCUT2D eigenvalue weighted by atomic mass is 9.94. The monoisotopic (exact) mass is 413 g/mol. The molecule has 0 fully saturated rings. The van der Waals surface area contributed by atoms with Crippen molar-refractivity contribution in [2.45, 2.75) is 59.1 Å². The van der Waals surface area contributed by atoms with Crippen LogP contribution in [0.25, 0.3) is 0 Å². The van der Waals surface area contributed by atoms with Crippen LogP contribution in [0.4, 0.5) is 0 Å². The van der Waals surface area contributed by atoms with E-state index < -0.39 is 11.5 Å². The molecule has 1 atom stereocenters. The Morgan fingerprint density at radius 3 is 2.27 bits per heavy atom. The number of para-hydroxylation sites is 1. The maximum atomic E-state index is 12.0. The van der Waals surface area contributed by atoms with Gasteiger partial charge >= 0.3 is 5.97 Å². The number of benzene rings is 2. The van der Waals surface area contributed by atoms with Gasteiger partial charge < -0.3 is 19.9 Å². The van der Waals surface area contributed by atoms with Crippen LogP contribution in [0.15, 0.2) is 48.5 Å². The number of esters is 1. The minimum atomic E-state index is -0.650. The average Bonchev–Trinajstić information content (AvgIpc) is 2.70. The summed E-state index contributed by atoms with van der Waals surface area (Å²) in [7, 11) is 1.69. The van der Waals surface area contributed by atoms with Crippen LogP contribution >= 0.6 is 0 Å². The maximum Gasteiger partial charge on any atom is 0.316 e. The van der Waals surface area contributed by atoms with E-state index in [1.165, 1.54) is 5.56 Å². The van der Waals surface area contributed by atoms with Gasteiger partial charge in [-0.3, -0.25) is 4.79 Å². The molecule has 5 heteroatoms. The lowest BCUT2D eigenvalue weighted by Crippen LogP contribution is -2.42. The molecule has 0 amide bonds. The topological polar surface area (TPSA) is 67.8 Å². The van der Waals surface area contributed by atoms with E-state index >= 15 is 0 Å². The highest BCUT2D eigenvalue weighted by molar-refractivity contribution is 5.77. The smallest absolute Gasteiger partial charge is 0.316 e. The van der Waals surface area contributed by atoms with Gasteiger partial charge in [-0.05, 0) is 76.8 Å². The zero-order chi connectivity index (χ0) is 22.4. The number of nitrogens with one attached hydrogen (secondary N) is 1. The van der Waals surface area contributed by atoms with Gasteiger partial charge in [0.1, 0.15) is 11.5 Å². The van der Waals surface area contributed by atoms with Gasteiger partial charge in [-0.15, -0.1) is 0 Å². The lowest BCUT2D eigenvalue weighted by molar-refractivity contribution is -0.142. The summed E-state index contributed by atoms with van der Waals surface area (Å²) in [5.74, 6) is 1.10. The van der Waals surface area contributed by atoms with Crippen molar-refractivity contribution in [2.24, 2.45) is 5.41 Å². The molecular weight excluding hydrogens is 378 g/mol. The second kappa shape index (κ2) is 10.1. The van der Waals surface area contributed by atoms with Crippen LogP contribution in [-0.2, 0) is 11.2 Å².